The summed E-state index contributed by atoms with van der Waals surface area (Å²) in [5.74, 6) is 1.74. The van der Waals surface area contributed by atoms with Crippen LogP contribution < -0.4 is 0 Å². The van der Waals surface area contributed by atoms with E-state index in [1.807, 2.05) is 24.3 Å². The van der Waals surface area contributed by atoms with Crippen LogP contribution in [0.4, 0.5) is 0 Å². The summed E-state index contributed by atoms with van der Waals surface area (Å²) in [6, 6.07) is 12.1. The van der Waals surface area contributed by atoms with Crippen LogP contribution in [0.2, 0.25) is 0 Å². The maximum Gasteiger partial charge on any atom is 0.132 e. The molecule has 0 aliphatic carbocycles. The fourth-order valence-electron chi connectivity index (χ4n) is 3.14. The zero-order valence-corrected chi connectivity index (χ0v) is 13.1. The summed E-state index contributed by atoms with van der Waals surface area (Å²) >= 11 is 0. The normalized spacial score (nSPS) is 14.0. The van der Waals surface area contributed by atoms with Gasteiger partial charge in [-0.1, -0.05) is 0 Å². The lowest BCUT2D eigenvalue weighted by atomic mass is 10.2. The van der Waals surface area contributed by atoms with Crippen LogP contribution in [-0.2, 0) is 25.7 Å². The van der Waals surface area contributed by atoms with Crippen molar-refractivity contribution in [1.29, 1.82) is 0 Å². The van der Waals surface area contributed by atoms with Gasteiger partial charge >= 0.3 is 0 Å². The second-order valence-corrected chi connectivity index (χ2v) is 6.15. The number of nitrogens with one attached hydrogen (secondary N) is 2. The number of fused-ring (bicyclic) bond motifs is 8. The molecule has 0 fully saturated rings. The van der Waals surface area contributed by atoms with Crippen molar-refractivity contribution in [2.45, 2.75) is 25.7 Å². The summed E-state index contributed by atoms with van der Waals surface area (Å²) < 4.78 is 0. The smallest absolute Gasteiger partial charge is 0.132 e. The van der Waals surface area contributed by atoms with Gasteiger partial charge in [-0.3, -0.25) is 0 Å². The summed E-state index contributed by atoms with van der Waals surface area (Å²) in [4.78, 5) is 25.1. The Hall–Kier alpha value is -3.02. The third kappa shape index (κ3) is 2.56. The maximum absolute atomic E-state index is 4.63. The van der Waals surface area contributed by atoms with E-state index in [2.05, 4.69) is 42.0 Å². The van der Waals surface area contributed by atoms with Crippen LogP contribution in [0.3, 0.4) is 0 Å². The molecule has 3 aromatic heterocycles. The average Bonchev–Trinajstić information content (AvgIpc) is 3.32. The molecule has 24 heavy (non-hydrogen) atoms. The third-order valence-electron chi connectivity index (χ3n) is 4.28. The van der Waals surface area contributed by atoms with Gasteiger partial charge in [-0.15, -0.1) is 0 Å². The molecule has 0 unspecified atom stereocenters. The van der Waals surface area contributed by atoms with E-state index in [0.717, 1.165) is 71.0 Å². The molecule has 2 aliphatic heterocycles. The number of aryl methyl sites for hydroxylation is 4. The number of aromatic amines is 2. The zero-order valence-electron chi connectivity index (χ0n) is 13.1. The Morgan fingerprint density at radius 3 is 1.58 bits per heavy atom. The summed E-state index contributed by atoms with van der Waals surface area (Å²) in [7, 11) is 0. The van der Waals surface area contributed by atoms with E-state index in [1.165, 1.54) is 0 Å². The van der Waals surface area contributed by atoms with Crippen molar-refractivity contribution < 1.29 is 0 Å². The average molecular weight is 316 g/mol. The number of hydrogen-bond acceptors (Lipinski definition) is 4. The minimum Gasteiger partial charge on any atom is -0.340 e. The highest BCUT2D eigenvalue weighted by Crippen LogP contribution is 2.13. The molecule has 5 heterocycles. The van der Waals surface area contributed by atoms with Crippen LogP contribution in [0.25, 0.3) is 22.3 Å². The van der Waals surface area contributed by atoms with Gasteiger partial charge in [0.2, 0.25) is 0 Å². The first-order valence-corrected chi connectivity index (χ1v) is 8.18. The van der Waals surface area contributed by atoms with Crippen molar-refractivity contribution >= 4 is 22.3 Å². The lowest BCUT2D eigenvalue weighted by molar-refractivity contribution is 0.975. The van der Waals surface area contributed by atoms with Crippen molar-refractivity contribution in [3.05, 3.63) is 59.4 Å². The Kier molecular flexibility index (Phi) is 2.94. The topological polar surface area (TPSA) is 83.1 Å². The second-order valence-electron chi connectivity index (χ2n) is 6.15. The molecule has 0 aromatic carbocycles. The quantitative estimate of drug-likeness (QED) is 0.668. The first kappa shape index (κ1) is 13.4. The van der Waals surface area contributed by atoms with Crippen LogP contribution in [0.15, 0.2) is 36.4 Å². The summed E-state index contributed by atoms with van der Waals surface area (Å²) in [5, 5.41) is 0. The van der Waals surface area contributed by atoms with Gasteiger partial charge in [0.05, 0.1) is 0 Å². The van der Waals surface area contributed by atoms with Crippen molar-refractivity contribution in [2.24, 2.45) is 0 Å². The minimum absolute atomic E-state index is 0.836. The fraction of sp³-hybridized carbons (Fsp3) is 0.222. The minimum atomic E-state index is 0.836. The van der Waals surface area contributed by atoms with E-state index in [9.17, 15) is 0 Å². The molecular formula is C18H16N6. The summed E-state index contributed by atoms with van der Waals surface area (Å²) in [6.07, 6.45) is 3.56. The van der Waals surface area contributed by atoms with Crippen LogP contribution >= 0.6 is 0 Å². The van der Waals surface area contributed by atoms with Gasteiger partial charge in [0.1, 0.15) is 22.9 Å². The molecule has 6 nitrogen and oxygen atoms in total. The Morgan fingerprint density at radius 1 is 0.583 bits per heavy atom. The molecule has 0 amide bonds. The highest BCUT2D eigenvalue weighted by Gasteiger charge is 2.09. The largest absolute Gasteiger partial charge is 0.340 e. The number of rotatable bonds is 0. The van der Waals surface area contributed by atoms with E-state index in [4.69, 9.17) is 0 Å². The van der Waals surface area contributed by atoms with E-state index in [-0.39, 0.29) is 0 Å². The second kappa shape index (κ2) is 5.26. The van der Waals surface area contributed by atoms with Gasteiger partial charge in [0.15, 0.2) is 0 Å². The Balaban J connectivity index is 1.82. The van der Waals surface area contributed by atoms with Crippen LogP contribution in [-0.4, -0.2) is 29.9 Å². The van der Waals surface area contributed by atoms with E-state index < -0.39 is 0 Å². The summed E-state index contributed by atoms with van der Waals surface area (Å²) in [5.41, 5.74) is 5.78. The van der Waals surface area contributed by atoms with Crippen molar-refractivity contribution in [3.8, 4) is 0 Å². The predicted octanol–water partition coefficient (Wildman–Crippen LogP) is 2.68. The maximum atomic E-state index is 4.63. The molecule has 0 spiro atoms. The lowest BCUT2D eigenvalue weighted by Crippen LogP contribution is -1.84. The molecule has 118 valence electrons. The molecule has 0 saturated heterocycles. The monoisotopic (exact) mass is 316 g/mol. The zero-order chi connectivity index (χ0) is 15.9. The third-order valence-corrected chi connectivity index (χ3v) is 4.28. The van der Waals surface area contributed by atoms with Crippen LogP contribution in [0, 0.1) is 0 Å². The molecule has 2 aliphatic rings. The van der Waals surface area contributed by atoms with Crippen molar-refractivity contribution in [1.82, 2.24) is 29.9 Å². The molecule has 0 radical (unpaired) electrons. The number of H-pyrrole nitrogens is 2. The highest BCUT2D eigenvalue weighted by molar-refractivity contribution is 5.57. The van der Waals surface area contributed by atoms with Gasteiger partial charge < -0.3 is 9.97 Å². The van der Waals surface area contributed by atoms with Crippen molar-refractivity contribution in [2.75, 3.05) is 0 Å². The van der Waals surface area contributed by atoms with Gasteiger partial charge in [-0.05, 0) is 49.2 Å². The standard InChI is InChI=1S/C18H16N6/c1-5-15-19-11(1)9-12-2-6-17(20-12)24-18-8-4-14(22-18)10-13-3-7-16(21-13)23-15/h1,4-5,8-10H,2-3,6-7H2,(H,19,21,23)(H,20,22,24). The lowest BCUT2D eigenvalue weighted by Gasteiger charge is -1.84. The van der Waals surface area contributed by atoms with Crippen LogP contribution in [0.5, 0.6) is 0 Å². The SMILES string of the molecule is c1cc2nc3nc(cc4ccc(nc5nc(cc1[nH]2)CC5)[nH]4)CC3. The first-order valence-electron chi connectivity index (χ1n) is 8.18. The van der Waals surface area contributed by atoms with Gasteiger partial charge in [0, 0.05) is 35.3 Å². The van der Waals surface area contributed by atoms with E-state index in [0.29, 0.717) is 0 Å². The summed E-state index contributed by atoms with van der Waals surface area (Å²) in [6.45, 7) is 0. The van der Waals surface area contributed by atoms with Crippen LogP contribution in [0.1, 0.15) is 23.0 Å². The first-order chi connectivity index (χ1) is 11.8. The molecular weight excluding hydrogens is 300 g/mol. The fourth-order valence-corrected chi connectivity index (χ4v) is 3.14. The predicted molar refractivity (Wildman–Crippen MR) is 91.4 cm³/mol. The number of hydrogen-bond donors (Lipinski definition) is 2. The number of aromatic nitrogens is 6. The molecule has 5 rings (SSSR count). The van der Waals surface area contributed by atoms with Gasteiger partial charge in [0.25, 0.3) is 0 Å². The van der Waals surface area contributed by atoms with E-state index >= 15 is 0 Å². The van der Waals surface area contributed by atoms with E-state index in [1.54, 1.807) is 0 Å². The van der Waals surface area contributed by atoms with Gasteiger partial charge in [-0.2, -0.15) is 0 Å². The highest BCUT2D eigenvalue weighted by atomic mass is 15.0. The molecule has 0 atom stereocenters. The molecule has 3 aromatic rings. The Morgan fingerprint density at radius 2 is 1.08 bits per heavy atom. The Labute approximate surface area is 138 Å². The molecule has 0 saturated carbocycles. The van der Waals surface area contributed by atoms with Crippen molar-refractivity contribution in [3.63, 3.8) is 0 Å². The Bertz CT molecular complexity index is 911. The molecule has 8 bridgehead atoms. The number of nitrogens with zero attached hydrogens (tertiary/aromatic N) is 4. The molecule has 6 heteroatoms. The molecule has 2 N–H and O–H groups in total. The van der Waals surface area contributed by atoms with Gasteiger partial charge in [-0.25, -0.2) is 19.9 Å².